The van der Waals surface area contributed by atoms with Gasteiger partial charge in [-0.3, -0.25) is 43.2 Å². The van der Waals surface area contributed by atoms with Crippen LogP contribution in [0.5, 0.6) is 0 Å². The first kappa shape index (κ1) is 122. The smallest absolute Gasteiger partial charge is 0.312 e. The third-order valence-corrected chi connectivity index (χ3v) is 43.5. The van der Waals surface area contributed by atoms with E-state index in [1.165, 1.54) is 90.6 Å². The zero-order chi connectivity index (χ0) is 106. The van der Waals surface area contributed by atoms with Gasteiger partial charge in [-0.25, -0.2) is 0 Å². The molecule has 15 fully saturated rings. The lowest BCUT2D eigenvalue weighted by Crippen LogP contribution is -2.45. The Morgan fingerprint density at radius 1 is 0.255 bits per heavy atom. The van der Waals surface area contributed by atoms with Crippen molar-refractivity contribution in [2.45, 2.75) is 576 Å². The van der Waals surface area contributed by atoms with E-state index in [1.54, 1.807) is 7.11 Å². The zero-order valence-corrected chi connectivity index (χ0v) is 97.0. The Hall–Kier alpha value is -4.81. The second-order valence-corrected chi connectivity index (χ2v) is 50.3. The van der Waals surface area contributed by atoms with Gasteiger partial charge in [0.1, 0.15) is 44.8 Å². The fourth-order valence-corrected chi connectivity index (χ4v) is 33.2. The van der Waals surface area contributed by atoms with Gasteiger partial charge in [0.05, 0.1) is 66.5 Å². The van der Waals surface area contributed by atoms with Crippen LogP contribution in [-0.2, 0) is 90.5 Å². The number of hydrogen-bond donors (Lipinski definition) is 0. The molecule has 0 radical (unpaired) electrons. The van der Waals surface area contributed by atoms with Crippen LogP contribution in [0, 0.1) is 147 Å². The van der Waals surface area contributed by atoms with Gasteiger partial charge in [-0.15, -0.1) is 0 Å². The first-order valence-corrected chi connectivity index (χ1v) is 61.9. The van der Waals surface area contributed by atoms with E-state index in [0.717, 1.165) is 301 Å². The topological polar surface area (TPSA) is 246 Å². The van der Waals surface area contributed by atoms with Crippen LogP contribution in [0.3, 0.4) is 0 Å². The van der Waals surface area contributed by atoms with E-state index >= 15 is 0 Å². The summed E-state index contributed by atoms with van der Waals surface area (Å²) >= 11 is 0. The molecule has 834 valence electrons. The second-order valence-electron chi connectivity index (χ2n) is 50.3. The highest BCUT2D eigenvalue weighted by Crippen LogP contribution is 2.60. The molecule has 0 amide bonds. The molecule has 0 spiro atoms. The minimum Gasteiger partial charge on any atom is -0.469 e. The Labute approximate surface area is 883 Å². The van der Waals surface area contributed by atoms with Gasteiger partial charge < -0.3 is 47.4 Å². The fraction of sp³-hybridized carbons (Fsp3) is 0.929. The van der Waals surface area contributed by atoms with E-state index in [2.05, 4.69) is 152 Å². The maximum absolute atomic E-state index is 13.7. The highest BCUT2D eigenvalue weighted by Gasteiger charge is 2.61. The molecule has 19 heteroatoms. The van der Waals surface area contributed by atoms with Crippen molar-refractivity contribution >= 4 is 53.7 Å². The number of carbonyl (C=O) groups excluding carboxylic acids is 9. The molecule has 26 unspecified atom stereocenters. The van der Waals surface area contributed by atoms with Crippen LogP contribution >= 0.6 is 0 Å². The van der Waals surface area contributed by atoms with Gasteiger partial charge in [-0.2, -0.15) is 0 Å². The highest BCUT2D eigenvalue weighted by molar-refractivity contribution is 5.86. The first-order valence-electron chi connectivity index (χ1n) is 61.9. The van der Waals surface area contributed by atoms with Crippen LogP contribution < -0.4 is 0 Å². The van der Waals surface area contributed by atoms with Gasteiger partial charge in [0, 0.05) is 7.11 Å². The summed E-state index contributed by atoms with van der Waals surface area (Å²) in [5.74, 6) is 4.53. The summed E-state index contributed by atoms with van der Waals surface area (Å²) in [7, 11) is 3.17. The minimum absolute atomic E-state index is 0.0407. The number of methoxy groups -OCH3 is 2. The Kier molecular flexibility index (Phi) is 47.0. The molecule has 19 nitrogen and oxygen atoms in total. The van der Waals surface area contributed by atoms with Gasteiger partial charge in [0.15, 0.2) is 0 Å². The van der Waals surface area contributed by atoms with Crippen LogP contribution in [-0.4, -0.2) is 119 Å². The van der Waals surface area contributed by atoms with Gasteiger partial charge in [0.25, 0.3) is 0 Å². The number of carbonyl (C=O) groups is 9. The monoisotopic (exact) mass is 2030 g/mol. The summed E-state index contributed by atoms with van der Waals surface area (Å²) in [5, 5.41) is 0. The molecule has 15 aliphatic rings. The average molecular weight is 2040 g/mol. The summed E-state index contributed by atoms with van der Waals surface area (Å²) in [6, 6.07) is 0. The Balaban J connectivity index is 0.000000180. The lowest BCUT2D eigenvalue weighted by molar-refractivity contribution is -0.183. The Bertz CT molecular complexity index is 3920. The zero-order valence-electron chi connectivity index (χ0n) is 97.0. The molecule has 145 heavy (non-hydrogen) atoms. The molecule has 0 aromatic heterocycles. The molecule has 0 N–H and O–H groups in total. The van der Waals surface area contributed by atoms with Crippen molar-refractivity contribution in [3.63, 3.8) is 0 Å². The SMILES string of the molecule is CCC1CC(CC)C(C(=O)OC2(CC)CC3CCC2C3)C1C(=O)OC1(CC)CCCC1.CCC1CC(CC)C(C(=O)OC2(CC)CCCC2)C1C.CCC1CC(CC)C(C(=O)OC2(CC)CCCC2)C1C(=O)OC.CCC1CC(CC)C(C(=O)OC2(CC)CCCC2)C1C(=O)OC1(CC)CCCC1.CCC1CC(CC)C(C(=O)OC2(CC)CCCC2)C1COC.CCC1CC(CC)C(C)(C(=O)OC2(CC)CCCC2)C1. The summed E-state index contributed by atoms with van der Waals surface area (Å²) < 4.78 is 60.0. The molecule has 2 bridgehead atoms. The van der Waals surface area contributed by atoms with Crippen LogP contribution in [0.1, 0.15) is 531 Å². The second kappa shape index (κ2) is 55.8. The maximum atomic E-state index is 13.7. The predicted octanol–water partition coefficient (Wildman–Crippen LogP) is 31.4. The number of ether oxygens (including phenoxy) is 10. The summed E-state index contributed by atoms with van der Waals surface area (Å²) in [4.78, 5) is 118. The van der Waals surface area contributed by atoms with Crippen LogP contribution in [0.15, 0.2) is 0 Å². The standard InChI is InChI=1S/C27H44O4.C25H42O4.C19H32O4.C19H34O3.2C18H32O2/c1-5-19-16-20(6-2)23(22(19)24(28)30-26(7-3)13-9-10-14-26)25(29)31-27(8-4)17-18-11-12-21(27)15-18;1-5-18-17-19(6-2)21(23(27)29-25(8-4)15-11-12-16-25)20(18)22(26)28-24(7-3)13-9-10-14-24;1-5-13-12-14(6-2)16(15(13)17(20)22-4)18(21)23-19(7-3)10-8-9-11-19;1-5-14-12-15(6-2)17(16(14)13-21-4)18(20)22-19(7-3)10-8-9-11-19;1-5-14-12-15(6-2)17(4,13-14)16(19)20-18(7-3)10-8-9-11-18;1-5-14-12-15(6-2)16(13(14)4)17(19)20-18(7-3)10-8-9-11-18/h18-23H,5-17H2,1-4H3;18-21H,5-17H2,1-4H3;13-16H,5-12H2,1-4H3;14-17H,5-13H2,1-4H3;14-15H,5-13H2,1-4H3;13-16H,5-12H2,1-4H3. The van der Waals surface area contributed by atoms with Crippen molar-refractivity contribution < 1.29 is 90.5 Å². The quantitative estimate of drug-likeness (QED) is 0.0410. The summed E-state index contributed by atoms with van der Waals surface area (Å²) in [5.41, 5.74) is -2.15. The van der Waals surface area contributed by atoms with Crippen LogP contribution in [0.4, 0.5) is 0 Å². The Morgan fingerprint density at radius 3 is 0.772 bits per heavy atom. The van der Waals surface area contributed by atoms with E-state index in [4.69, 9.17) is 47.4 Å². The molecular weight excluding hydrogens is 1820 g/mol. The third kappa shape index (κ3) is 28.3. The molecular formula is C126H216O19. The maximum Gasteiger partial charge on any atom is 0.312 e. The molecule has 0 saturated heterocycles. The van der Waals surface area contributed by atoms with Crippen molar-refractivity contribution in [3.05, 3.63) is 0 Å². The molecule has 0 aromatic carbocycles. The number of fused-ring (bicyclic) bond motifs is 2. The van der Waals surface area contributed by atoms with E-state index in [9.17, 15) is 43.2 Å². The van der Waals surface area contributed by atoms with E-state index < -0.39 is 0 Å². The Morgan fingerprint density at radius 2 is 0.517 bits per heavy atom. The molecule has 15 saturated carbocycles. The molecule has 0 heterocycles. The predicted molar refractivity (Wildman–Crippen MR) is 578 cm³/mol. The molecule has 0 aliphatic heterocycles. The molecule has 26 atom stereocenters. The van der Waals surface area contributed by atoms with E-state index in [0.29, 0.717) is 59.9 Å². The van der Waals surface area contributed by atoms with Gasteiger partial charge in [0.2, 0.25) is 0 Å². The van der Waals surface area contributed by atoms with Crippen molar-refractivity contribution in [1.29, 1.82) is 0 Å². The van der Waals surface area contributed by atoms with E-state index in [1.807, 2.05) is 0 Å². The number of rotatable bonds is 39. The first-order chi connectivity index (χ1) is 69.5. The minimum atomic E-state index is -0.336. The summed E-state index contributed by atoms with van der Waals surface area (Å²) in [6.45, 7) is 48.4. The van der Waals surface area contributed by atoms with Gasteiger partial charge in [-0.1, -0.05) is 222 Å². The van der Waals surface area contributed by atoms with Gasteiger partial charge >= 0.3 is 53.7 Å². The van der Waals surface area contributed by atoms with Crippen LogP contribution in [0.25, 0.3) is 0 Å². The van der Waals surface area contributed by atoms with Crippen LogP contribution in [0.2, 0.25) is 0 Å². The fourth-order valence-electron chi connectivity index (χ4n) is 33.2. The van der Waals surface area contributed by atoms with Crippen molar-refractivity contribution in [3.8, 4) is 0 Å². The van der Waals surface area contributed by atoms with Crippen molar-refractivity contribution in [1.82, 2.24) is 0 Å². The summed E-state index contributed by atoms with van der Waals surface area (Å²) in [6.07, 6.45) is 62.0. The molecule has 15 rings (SSSR count). The van der Waals surface area contributed by atoms with Crippen molar-refractivity contribution in [2.75, 3.05) is 20.8 Å². The number of hydrogen-bond acceptors (Lipinski definition) is 19. The van der Waals surface area contributed by atoms with E-state index in [-0.39, 0.29) is 187 Å². The normalized spacial score (nSPS) is 35.7. The molecule has 15 aliphatic carbocycles. The van der Waals surface area contributed by atoms with Crippen molar-refractivity contribution in [2.24, 2.45) is 147 Å². The van der Waals surface area contributed by atoms with Gasteiger partial charge in [-0.05, 0) is 403 Å². The highest BCUT2D eigenvalue weighted by atomic mass is 16.6. The molecule has 0 aromatic rings. The number of esters is 9. The lowest BCUT2D eigenvalue weighted by Gasteiger charge is -2.38. The average Bonchev–Trinajstić information content (AvgIpc) is 1.63. The largest absolute Gasteiger partial charge is 0.469 e. The third-order valence-electron chi connectivity index (χ3n) is 43.5. The lowest BCUT2D eigenvalue weighted by atomic mass is 9.78.